The molecule has 0 aromatic carbocycles. The lowest BCUT2D eigenvalue weighted by Crippen LogP contribution is -2.19. The van der Waals surface area contributed by atoms with Gasteiger partial charge in [-0.1, -0.05) is 0 Å². The van der Waals surface area contributed by atoms with Gasteiger partial charge in [-0.05, 0) is 26.2 Å². The Balaban J connectivity index is 2.13. The van der Waals surface area contributed by atoms with Gasteiger partial charge in [0.25, 0.3) is 0 Å². The molecule has 0 bridgehead atoms. The average Bonchev–Trinajstić information content (AvgIpc) is 2.48. The first kappa shape index (κ1) is 11.5. The number of cyclic esters (lactones) is 1. The fraction of sp³-hybridized carbons (Fsp3) is 0.900. The Morgan fingerprint density at radius 1 is 1.50 bits per heavy atom. The van der Waals surface area contributed by atoms with Gasteiger partial charge in [0.1, 0.15) is 6.10 Å². The Kier molecular flexibility index (Phi) is 4.35. The van der Waals surface area contributed by atoms with Crippen molar-refractivity contribution < 1.29 is 19.7 Å². The van der Waals surface area contributed by atoms with Crippen molar-refractivity contribution >= 4 is 5.97 Å². The lowest BCUT2D eigenvalue weighted by atomic mass is 10.0. The maximum absolute atomic E-state index is 10.8. The SMILES string of the molecule is C[C@@H](O)CC[C@H](O)C[C@@H]1CCC(=O)O1. The summed E-state index contributed by atoms with van der Waals surface area (Å²) in [5.41, 5.74) is 0. The molecule has 4 heteroatoms. The standard InChI is InChI=1S/C10H18O4/c1-7(11)2-3-8(12)6-9-4-5-10(13)14-9/h7-9,11-12H,2-6H2,1H3/t7-,8+,9+/m1/s1. The lowest BCUT2D eigenvalue weighted by molar-refractivity contribution is -0.142. The molecular formula is C10H18O4. The van der Waals surface area contributed by atoms with Gasteiger partial charge in [0, 0.05) is 12.8 Å². The van der Waals surface area contributed by atoms with E-state index in [4.69, 9.17) is 9.84 Å². The number of esters is 1. The third kappa shape index (κ3) is 4.07. The van der Waals surface area contributed by atoms with E-state index in [1.807, 2.05) is 0 Å². The second-order valence-electron chi connectivity index (χ2n) is 3.97. The maximum atomic E-state index is 10.8. The Morgan fingerprint density at radius 2 is 2.21 bits per heavy atom. The molecule has 0 aliphatic carbocycles. The molecule has 3 atom stereocenters. The first-order valence-electron chi connectivity index (χ1n) is 5.13. The highest BCUT2D eigenvalue weighted by Gasteiger charge is 2.25. The molecular weight excluding hydrogens is 184 g/mol. The first-order valence-corrected chi connectivity index (χ1v) is 5.13. The van der Waals surface area contributed by atoms with Crippen LogP contribution in [-0.2, 0) is 9.53 Å². The van der Waals surface area contributed by atoms with Gasteiger partial charge in [0.2, 0.25) is 0 Å². The molecule has 1 fully saturated rings. The largest absolute Gasteiger partial charge is 0.462 e. The summed E-state index contributed by atoms with van der Waals surface area (Å²) in [4.78, 5) is 10.8. The molecule has 2 N–H and O–H groups in total. The summed E-state index contributed by atoms with van der Waals surface area (Å²) in [6, 6.07) is 0. The van der Waals surface area contributed by atoms with Gasteiger partial charge < -0.3 is 14.9 Å². The summed E-state index contributed by atoms with van der Waals surface area (Å²) in [6.45, 7) is 1.70. The molecule has 1 saturated heterocycles. The van der Waals surface area contributed by atoms with Gasteiger partial charge in [-0.2, -0.15) is 0 Å². The molecule has 82 valence electrons. The zero-order valence-corrected chi connectivity index (χ0v) is 8.48. The van der Waals surface area contributed by atoms with Crippen LogP contribution >= 0.6 is 0 Å². The lowest BCUT2D eigenvalue weighted by Gasteiger charge is -2.15. The summed E-state index contributed by atoms with van der Waals surface area (Å²) in [5.74, 6) is -0.169. The van der Waals surface area contributed by atoms with Crippen molar-refractivity contribution in [2.45, 2.75) is 57.3 Å². The second-order valence-corrected chi connectivity index (χ2v) is 3.97. The molecule has 0 amide bonds. The number of carbonyl (C=O) groups excluding carboxylic acids is 1. The van der Waals surface area contributed by atoms with Crippen molar-refractivity contribution in [3.05, 3.63) is 0 Å². The smallest absolute Gasteiger partial charge is 0.306 e. The van der Waals surface area contributed by atoms with Crippen molar-refractivity contribution in [3.63, 3.8) is 0 Å². The third-order valence-electron chi connectivity index (χ3n) is 2.42. The Morgan fingerprint density at radius 3 is 2.71 bits per heavy atom. The van der Waals surface area contributed by atoms with Crippen LogP contribution in [-0.4, -0.2) is 34.5 Å². The van der Waals surface area contributed by atoms with Gasteiger partial charge in [-0.3, -0.25) is 4.79 Å². The molecule has 0 aromatic rings. The van der Waals surface area contributed by atoms with Crippen molar-refractivity contribution in [2.75, 3.05) is 0 Å². The highest BCUT2D eigenvalue weighted by molar-refractivity contribution is 5.71. The molecule has 1 heterocycles. The summed E-state index contributed by atoms with van der Waals surface area (Å²) >= 11 is 0. The number of aliphatic hydroxyl groups excluding tert-OH is 2. The van der Waals surface area contributed by atoms with Gasteiger partial charge >= 0.3 is 5.97 Å². The highest BCUT2D eigenvalue weighted by Crippen LogP contribution is 2.20. The van der Waals surface area contributed by atoms with E-state index in [0.29, 0.717) is 32.1 Å². The maximum Gasteiger partial charge on any atom is 0.306 e. The molecule has 0 radical (unpaired) electrons. The molecule has 0 saturated carbocycles. The van der Waals surface area contributed by atoms with Crippen LogP contribution in [0.1, 0.15) is 39.0 Å². The van der Waals surface area contributed by atoms with E-state index in [0.717, 1.165) is 0 Å². The Hall–Kier alpha value is -0.610. The van der Waals surface area contributed by atoms with Crippen molar-refractivity contribution in [1.82, 2.24) is 0 Å². The van der Waals surface area contributed by atoms with E-state index in [9.17, 15) is 9.90 Å². The Bertz CT molecular complexity index is 191. The van der Waals surface area contributed by atoms with Crippen molar-refractivity contribution in [2.24, 2.45) is 0 Å². The number of hydrogen-bond acceptors (Lipinski definition) is 4. The average molecular weight is 202 g/mol. The monoisotopic (exact) mass is 202 g/mol. The Labute approximate surface area is 83.9 Å². The van der Waals surface area contributed by atoms with Crippen LogP contribution in [0.4, 0.5) is 0 Å². The van der Waals surface area contributed by atoms with Crippen molar-refractivity contribution in [1.29, 1.82) is 0 Å². The quantitative estimate of drug-likeness (QED) is 0.641. The van der Waals surface area contributed by atoms with Crippen LogP contribution in [0.5, 0.6) is 0 Å². The molecule has 14 heavy (non-hydrogen) atoms. The van der Waals surface area contributed by atoms with Crippen molar-refractivity contribution in [3.8, 4) is 0 Å². The minimum absolute atomic E-state index is 0.119. The second kappa shape index (κ2) is 5.32. The fourth-order valence-electron chi connectivity index (χ4n) is 1.60. The summed E-state index contributed by atoms with van der Waals surface area (Å²) in [7, 11) is 0. The van der Waals surface area contributed by atoms with E-state index < -0.39 is 6.10 Å². The van der Waals surface area contributed by atoms with Crippen LogP contribution < -0.4 is 0 Å². The van der Waals surface area contributed by atoms with Crippen LogP contribution in [0, 0.1) is 0 Å². The summed E-state index contributed by atoms with van der Waals surface area (Å²) in [5, 5.41) is 18.6. The topological polar surface area (TPSA) is 66.8 Å². The van der Waals surface area contributed by atoms with Gasteiger partial charge in [-0.25, -0.2) is 0 Å². The van der Waals surface area contributed by atoms with Crippen LogP contribution in [0.2, 0.25) is 0 Å². The predicted octanol–water partition coefficient (Wildman–Crippen LogP) is 0.604. The minimum atomic E-state index is -0.472. The molecule has 0 aromatic heterocycles. The predicted molar refractivity (Wildman–Crippen MR) is 50.7 cm³/mol. The highest BCUT2D eigenvalue weighted by atomic mass is 16.5. The van der Waals surface area contributed by atoms with Gasteiger partial charge in [0.05, 0.1) is 12.2 Å². The normalized spacial score (nSPS) is 25.9. The summed E-state index contributed by atoms with van der Waals surface area (Å²) in [6.07, 6.45) is 1.85. The molecule has 1 aliphatic rings. The van der Waals surface area contributed by atoms with Crippen LogP contribution in [0.3, 0.4) is 0 Å². The number of hydrogen-bond donors (Lipinski definition) is 2. The molecule has 1 rings (SSSR count). The molecule has 0 unspecified atom stereocenters. The van der Waals surface area contributed by atoms with Gasteiger partial charge in [0.15, 0.2) is 0 Å². The van der Waals surface area contributed by atoms with Crippen LogP contribution in [0.25, 0.3) is 0 Å². The number of aliphatic hydroxyl groups is 2. The number of rotatable bonds is 5. The van der Waals surface area contributed by atoms with E-state index in [-0.39, 0.29) is 18.2 Å². The molecule has 0 spiro atoms. The molecule has 4 nitrogen and oxygen atoms in total. The van der Waals surface area contributed by atoms with Crippen LogP contribution in [0.15, 0.2) is 0 Å². The number of ether oxygens (including phenoxy) is 1. The summed E-state index contributed by atoms with van der Waals surface area (Å²) < 4.78 is 4.98. The van der Waals surface area contributed by atoms with E-state index in [2.05, 4.69) is 0 Å². The number of carbonyl (C=O) groups is 1. The van der Waals surface area contributed by atoms with E-state index >= 15 is 0 Å². The first-order chi connectivity index (χ1) is 6.58. The third-order valence-corrected chi connectivity index (χ3v) is 2.42. The fourth-order valence-corrected chi connectivity index (χ4v) is 1.60. The van der Waals surface area contributed by atoms with E-state index in [1.54, 1.807) is 6.92 Å². The minimum Gasteiger partial charge on any atom is -0.462 e. The van der Waals surface area contributed by atoms with Gasteiger partial charge in [-0.15, -0.1) is 0 Å². The van der Waals surface area contributed by atoms with E-state index in [1.165, 1.54) is 0 Å². The zero-order chi connectivity index (χ0) is 10.6. The molecule has 1 aliphatic heterocycles. The zero-order valence-electron chi connectivity index (χ0n) is 8.48.